The molecular formula is C21H12BrFN2. The zero-order valence-corrected chi connectivity index (χ0v) is 14.6. The minimum atomic E-state index is -0.282. The van der Waals surface area contributed by atoms with E-state index in [1.165, 1.54) is 16.8 Å². The number of imidazole rings is 1. The van der Waals surface area contributed by atoms with Gasteiger partial charge in [-0.15, -0.1) is 0 Å². The molecular weight excluding hydrogens is 379 g/mol. The largest absolute Gasteiger partial charge is 0.337 e. The van der Waals surface area contributed by atoms with E-state index in [9.17, 15) is 4.39 Å². The fraction of sp³-hybridized carbons (Fsp3) is 0. The van der Waals surface area contributed by atoms with E-state index in [1.54, 1.807) is 12.1 Å². The van der Waals surface area contributed by atoms with E-state index in [0.29, 0.717) is 4.47 Å². The van der Waals surface area contributed by atoms with E-state index in [-0.39, 0.29) is 5.82 Å². The molecule has 25 heavy (non-hydrogen) atoms. The van der Waals surface area contributed by atoms with Crippen LogP contribution in [0.1, 0.15) is 0 Å². The lowest BCUT2D eigenvalue weighted by Gasteiger charge is -2.05. The fourth-order valence-corrected chi connectivity index (χ4v) is 3.78. The standard InChI is InChI=1S/C21H12BrFN2/c22-17-11-12(9-10-18(17)23)21-24-19-15-7-3-1-5-13(15)14-6-2-4-8-16(14)20(19)25-21/h1-11H,(H,24,25). The molecule has 4 aromatic carbocycles. The molecule has 5 rings (SSSR count). The normalized spacial score (nSPS) is 11.6. The number of nitrogens with zero attached hydrogens (tertiary/aromatic N) is 1. The summed E-state index contributed by atoms with van der Waals surface area (Å²) in [6.07, 6.45) is 0. The highest BCUT2D eigenvalue weighted by Gasteiger charge is 2.14. The van der Waals surface area contributed by atoms with Gasteiger partial charge in [0.15, 0.2) is 0 Å². The predicted molar refractivity (Wildman–Crippen MR) is 104 cm³/mol. The van der Waals surface area contributed by atoms with Crippen LogP contribution < -0.4 is 0 Å². The molecule has 0 fully saturated rings. The van der Waals surface area contributed by atoms with Crippen LogP contribution in [0.25, 0.3) is 44.0 Å². The molecule has 2 nitrogen and oxygen atoms in total. The molecule has 120 valence electrons. The minimum Gasteiger partial charge on any atom is -0.337 e. The Kier molecular flexibility index (Phi) is 3.15. The van der Waals surface area contributed by atoms with Crippen molar-refractivity contribution in [2.45, 2.75) is 0 Å². The number of rotatable bonds is 1. The lowest BCUT2D eigenvalue weighted by molar-refractivity contribution is 0.621. The molecule has 0 atom stereocenters. The maximum absolute atomic E-state index is 13.6. The second-order valence-electron chi connectivity index (χ2n) is 6.03. The summed E-state index contributed by atoms with van der Waals surface area (Å²) in [5.74, 6) is 0.452. The molecule has 0 aliphatic rings. The molecule has 0 bridgehead atoms. The van der Waals surface area contributed by atoms with Crippen molar-refractivity contribution in [3.63, 3.8) is 0 Å². The Morgan fingerprint density at radius 2 is 1.44 bits per heavy atom. The van der Waals surface area contributed by atoms with Crippen LogP contribution >= 0.6 is 15.9 Å². The number of fused-ring (bicyclic) bond motifs is 6. The van der Waals surface area contributed by atoms with Crippen molar-refractivity contribution in [1.29, 1.82) is 0 Å². The summed E-state index contributed by atoms with van der Waals surface area (Å²) < 4.78 is 14.0. The van der Waals surface area contributed by atoms with Crippen molar-refractivity contribution < 1.29 is 4.39 Å². The van der Waals surface area contributed by atoms with Crippen LogP contribution in [0.2, 0.25) is 0 Å². The third kappa shape index (κ3) is 2.18. The van der Waals surface area contributed by atoms with Gasteiger partial charge in [-0.2, -0.15) is 0 Å². The van der Waals surface area contributed by atoms with Crippen LogP contribution in [0, 0.1) is 5.82 Å². The number of hydrogen-bond acceptors (Lipinski definition) is 1. The van der Waals surface area contributed by atoms with Crippen LogP contribution in [-0.4, -0.2) is 9.97 Å². The smallest absolute Gasteiger partial charge is 0.138 e. The van der Waals surface area contributed by atoms with Gasteiger partial charge >= 0.3 is 0 Å². The molecule has 0 unspecified atom stereocenters. The number of halogens is 2. The van der Waals surface area contributed by atoms with E-state index >= 15 is 0 Å². The van der Waals surface area contributed by atoms with E-state index in [0.717, 1.165) is 33.2 Å². The van der Waals surface area contributed by atoms with Gasteiger partial charge in [0.25, 0.3) is 0 Å². The van der Waals surface area contributed by atoms with Gasteiger partial charge in [0.1, 0.15) is 11.6 Å². The van der Waals surface area contributed by atoms with Gasteiger partial charge in [-0.05, 0) is 44.9 Å². The van der Waals surface area contributed by atoms with Crippen LogP contribution in [0.3, 0.4) is 0 Å². The number of benzene rings is 4. The third-order valence-corrected chi connectivity index (χ3v) is 5.17. The molecule has 0 aliphatic heterocycles. The van der Waals surface area contributed by atoms with Crippen LogP contribution in [0.15, 0.2) is 71.2 Å². The van der Waals surface area contributed by atoms with Crippen LogP contribution in [0.4, 0.5) is 4.39 Å². The fourth-order valence-electron chi connectivity index (χ4n) is 3.40. The predicted octanol–water partition coefficient (Wildman–Crippen LogP) is 6.44. The maximum Gasteiger partial charge on any atom is 0.138 e. The Labute approximate surface area is 151 Å². The van der Waals surface area contributed by atoms with Crippen molar-refractivity contribution >= 4 is 48.5 Å². The average molecular weight is 391 g/mol. The van der Waals surface area contributed by atoms with Gasteiger partial charge in [0.2, 0.25) is 0 Å². The van der Waals surface area contributed by atoms with Gasteiger partial charge in [-0.1, -0.05) is 48.5 Å². The molecule has 5 aromatic rings. The molecule has 1 N–H and O–H groups in total. The molecule has 0 saturated heterocycles. The first-order valence-corrected chi connectivity index (χ1v) is 8.76. The van der Waals surface area contributed by atoms with E-state index in [1.807, 2.05) is 18.2 Å². The number of H-pyrrole nitrogens is 1. The number of nitrogens with one attached hydrogen (secondary N) is 1. The van der Waals surface area contributed by atoms with E-state index < -0.39 is 0 Å². The molecule has 0 radical (unpaired) electrons. The maximum atomic E-state index is 13.6. The molecule has 0 spiro atoms. The number of aromatic amines is 1. The highest BCUT2D eigenvalue weighted by Crippen LogP contribution is 2.35. The minimum absolute atomic E-state index is 0.282. The zero-order valence-electron chi connectivity index (χ0n) is 13.1. The SMILES string of the molecule is Fc1ccc(-c2nc3c4ccccc4c4ccccc4c3[nH]2)cc1Br. The quantitative estimate of drug-likeness (QED) is 0.328. The Morgan fingerprint density at radius 1 is 0.800 bits per heavy atom. The Hall–Kier alpha value is -2.72. The monoisotopic (exact) mass is 390 g/mol. The van der Waals surface area contributed by atoms with Crippen molar-refractivity contribution in [3.05, 3.63) is 77.0 Å². The molecule has 0 amide bonds. The third-order valence-electron chi connectivity index (χ3n) is 4.57. The van der Waals surface area contributed by atoms with Gasteiger partial charge < -0.3 is 4.98 Å². The summed E-state index contributed by atoms with van der Waals surface area (Å²) in [6, 6.07) is 21.5. The number of hydrogen-bond donors (Lipinski definition) is 1. The zero-order chi connectivity index (χ0) is 17.0. The Morgan fingerprint density at radius 3 is 2.16 bits per heavy atom. The van der Waals surface area contributed by atoms with E-state index in [2.05, 4.69) is 51.2 Å². The van der Waals surface area contributed by atoms with Crippen LogP contribution in [-0.2, 0) is 0 Å². The first-order chi connectivity index (χ1) is 12.2. The molecule has 0 aliphatic carbocycles. The van der Waals surface area contributed by atoms with Crippen LogP contribution in [0.5, 0.6) is 0 Å². The second kappa shape index (κ2) is 5.39. The first-order valence-electron chi connectivity index (χ1n) is 7.97. The summed E-state index contributed by atoms with van der Waals surface area (Å²) in [5.41, 5.74) is 2.78. The van der Waals surface area contributed by atoms with Gasteiger partial charge in [-0.25, -0.2) is 9.37 Å². The summed E-state index contributed by atoms with van der Waals surface area (Å²) in [5, 5.41) is 4.63. The highest BCUT2D eigenvalue weighted by molar-refractivity contribution is 9.10. The molecule has 0 saturated carbocycles. The topological polar surface area (TPSA) is 28.7 Å². The summed E-state index contributed by atoms with van der Waals surface area (Å²) in [7, 11) is 0. The van der Waals surface area contributed by atoms with Crippen molar-refractivity contribution in [2.75, 3.05) is 0 Å². The van der Waals surface area contributed by atoms with Gasteiger partial charge in [-0.3, -0.25) is 0 Å². The summed E-state index contributed by atoms with van der Waals surface area (Å²) in [4.78, 5) is 8.27. The van der Waals surface area contributed by atoms with Crippen molar-refractivity contribution in [1.82, 2.24) is 9.97 Å². The first kappa shape index (κ1) is 14.6. The lowest BCUT2D eigenvalue weighted by atomic mass is 10.0. The molecule has 4 heteroatoms. The lowest BCUT2D eigenvalue weighted by Crippen LogP contribution is -1.83. The van der Waals surface area contributed by atoms with E-state index in [4.69, 9.17) is 4.98 Å². The van der Waals surface area contributed by atoms with Crippen molar-refractivity contribution in [2.24, 2.45) is 0 Å². The average Bonchev–Trinajstić information content (AvgIpc) is 3.10. The highest BCUT2D eigenvalue weighted by atomic mass is 79.9. The summed E-state index contributed by atoms with van der Waals surface area (Å²) >= 11 is 3.25. The van der Waals surface area contributed by atoms with Crippen molar-refractivity contribution in [3.8, 4) is 11.4 Å². The summed E-state index contributed by atoms with van der Waals surface area (Å²) in [6.45, 7) is 0. The van der Waals surface area contributed by atoms with Gasteiger partial charge in [0.05, 0.1) is 15.5 Å². The Balaban J connectivity index is 1.92. The number of aromatic nitrogens is 2. The van der Waals surface area contributed by atoms with Gasteiger partial charge in [0, 0.05) is 16.3 Å². The Bertz CT molecular complexity index is 1200. The molecule has 1 heterocycles. The second-order valence-corrected chi connectivity index (χ2v) is 6.88. The molecule has 1 aromatic heterocycles.